The monoisotopic (exact) mass is 522 g/mol. The highest BCUT2D eigenvalue weighted by atomic mass is 16.6. The molecule has 1 aliphatic heterocycles. The molecule has 2 amide bonds. The molecule has 0 N–H and O–H groups in total. The van der Waals surface area contributed by atoms with Gasteiger partial charge in [0, 0.05) is 25.7 Å². The molecule has 0 radical (unpaired) electrons. The van der Waals surface area contributed by atoms with Crippen molar-refractivity contribution >= 4 is 12.2 Å². The van der Waals surface area contributed by atoms with Crippen LogP contribution in [0.2, 0.25) is 0 Å². The normalized spacial score (nSPS) is 14.8. The zero-order valence-electron chi connectivity index (χ0n) is 24.8. The van der Waals surface area contributed by atoms with Crippen molar-refractivity contribution in [2.45, 2.75) is 121 Å². The lowest BCUT2D eigenvalue weighted by molar-refractivity contribution is 0.0169. The minimum Gasteiger partial charge on any atom is -0.445 e. The number of amides is 2. The van der Waals surface area contributed by atoms with E-state index in [1.54, 1.807) is 4.90 Å². The zero-order chi connectivity index (χ0) is 27.7. The number of carbonyl (C=O) groups excluding carboxylic acids is 2. The van der Waals surface area contributed by atoms with E-state index in [9.17, 15) is 9.59 Å². The molecule has 6 heteroatoms. The van der Waals surface area contributed by atoms with E-state index in [-0.39, 0.29) is 19.6 Å². The Morgan fingerprint density at radius 2 is 1.43 bits per heavy atom. The number of likely N-dealkylation sites (tertiary alicyclic amines) is 1. The first kappa shape index (κ1) is 36.9. The van der Waals surface area contributed by atoms with Crippen molar-refractivity contribution in [2.75, 3.05) is 19.6 Å². The Kier molecular flexibility index (Phi) is 19.8. The van der Waals surface area contributed by atoms with Gasteiger partial charge in [0.1, 0.15) is 12.2 Å². The van der Waals surface area contributed by atoms with E-state index < -0.39 is 5.60 Å². The van der Waals surface area contributed by atoms with Crippen molar-refractivity contribution in [3.63, 3.8) is 0 Å². The van der Waals surface area contributed by atoms with Crippen LogP contribution >= 0.6 is 0 Å². The molecule has 3 rings (SSSR count). The zero-order valence-corrected chi connectivity index (χ0v) is 24.8. The lowest BCUT2D eigenvalue weighted by Crippen LogP contribution is -2.45. The molecule has 1 aromatic carbocycles. The quantitative estimate of drug-likeness (QED) is 0.388. The molecule has 0 atom stereocenters. The average molecular weight is 523 g/mol. The molecule has 1 aliphatic carbocycles. The molecule has 1 aromatic rings. The number of nitrogens with zero attached hydrogens (tertiary/aromatic N) is 2. The highest BCUT2D eigenvalue weighted by Gasteiger charge is 2.37. The molecular formula is C31H58N2O4. The van der Waals surface area contributed by atoms with Gasteiger partial charge in [-0.15, -0.1) is 0 Å². The standard InChI is InChI=1S/C22H32N2O4.C4H10.2C2H6.CH4/c1-22(2,3)28-21(26)24(19-9-10-19)15-17-11-13-23(14-12-17)20(25)27-16-18-7-5-4-6-8-18;1-4(2)3;2*1-2;/h4-8,17,19H,9-16H2,1-3H3;4H,1-3H3;2*1-2H3;1H4. The molecule has 1 saturated heterocycles. The third kappa shape index (κ3) is 17.0. The number of benzene rings is 1. The van der Waals surface area contributed by atoms with Crippen LogP contribution in [0.1, 0.15) is 108 Å². The van der Waals surface area contributed by atoms with Gasteiger partial charge in [-0.1, -0.05) is 86.2 Å². The van der Waals surface area contributed by atoms with E-state index in [0.29, 0.717) is 38.2 Å². The van der Waals surface area contributed by atoms with Crippen LogP contribution in [0.5, 0.6) is 0 Å². The van der Waals surface area contributed by atoms with Crippen LogP contribution in [-0.2, 0) is 16.1 Å². The molecule has 216 valence electrons. The molecule has 0 aromatic heterocycles. The third-order valence-electron chi connectivity index (χ3n) is 5.15. The second kappa shape index (κ2) is 19.8. The van der Waals surface area contributed by atoms with E-state index in [1.807, 2.05) is 83.7 Å². The smallest absolute Gasteiger partial charge is 0.410 e. The number of hydrogen-bond donors (Lipinski definition) is 0. The number of carbonyl (C=O) groups is 2. The highest BCUT2D eigenvalue weighted by molar-refractivity contribution is 5.69. The Hall–Kier alpha value is -2.24. The van der Waals surface area contributed by atoms with E-state index in [0.717, 1.165) is 37.2 Å². The van der Waals surface area contributed by atoms with Gasteiger partial charge in [0.25, 0.3) is 0 Å². The largest absolute Gasteiger partial charge is 0.445 e. The van der Waals surface area contributed by atoms with Crippen molar-refractivity contribution in [2.24, 2.45) is 11.8 Å². The van der Waals surface area contributed by atoms with Crippen LogP contribution in [-0.4, -0.2) is 53.3 Å². The molecule has 2 fully saturated rings. The molecular weight excluding hydrogens is 464 g/mol. The van der Waals surface area contributed by atoms with Crippen LogP contribution in [0.3, 0.4) is 0 Å². The van der Waals surface area contributed by atoms with Gasteiger partial charge in [0.2, 0.25) is 0 Å². The predicted molar refractivity (Wildman–Crippen MR) is 157 cm³/mol. The van der Waals surface area contributed by atoms with Crippen LogP contribution in [0.4, 0.5) is 9.59 Å². The minimum absolute atomic E-state index is 0. The van der Waals surface area contributed by atoms with Gasteiger partial charge in [-0.25, -0.2) is 9.59 Å². The number of piperidine rings is 1. The van der Waals surface area contributed by atoms with E-state index >= 15 is 0 Å². The lowest BCUT2D eigenvalue weighted by atomic mass is 9.96. The fourth-order valence-electron chi connectivity index (χ4n) is 3.47. The number of rotatable bonds is 5. The Morgan fingerprint density at radius 1 is 0.946 bits per heavy atom. The topological polar surface area (TPSA) is 59.1 Å². The van der Waals surface area contributed by atoms with Gasteiger partial charge in [0.15, 0.2) is 0 Å². The first-order valence-corrected chi connectivity index (χ1v) is 14.0. The summed E-state index contributed by atoms with van der Waals surface area (Å²) in [6.07, 6.45) is 3.42. The highest BCUT2D eigenvalue weighted by Crippen LogP contribution is 2.31. The molecule has 1 saturated carbocycles. The second-order valence-corrected chi connectivity index (χ2v) is 10.6. The summed E-state index contributed by atoms with van der Waals surface area (Å²) in [4.78, 5) is 28.5. The maximum absolute atomic E-state index is 12.5. The van der Waals surface area contributed by atoms with Gasteiger partial charge in [-0.3, -0.25) is 0 Å². The number of hydrogen-bond acceptors (Lipinski definition) is 4. The van der Waals surface area contributed by atoms with E-state index in [1.165, 1.54) is 0 Å². The molecule has 37 heavy (non-hydrogen) atoms. The third-order valence-corrected chi connectivity index (χ3v) is 5.15. The maximum atomic E-state index is 12.5. The molecule has 0 spiro atoms. The first-order chi connectivity index (χ1) is 17.0. The molecule has 0 unspecified atom stereocenters. The summed E-state index contributed by atoms with van der Waals surface area (Å²) in [5.41, 5.74) is 0.513. The summed E-state index contributed by atoms with van der Waals surface area (Å²) >= 11 is 0. The van der Waals surface area contributed by atoms with Gasteiger partial charge >= 0.3 is 12.2 Å². The summed E-state index contributed by atoms with van der Waals surface area (Å²) in [7, 11) is 0. The molecule has 0 bridgehead atoms. The van der Waals surface area contributed by atoms with Gasteiger partial charge in [-0.2, -0.15) is 0 Å². The maximum Gasteiger partial charge on any atom is 0.410 e. The van der Waals surface area contributed by atoms with Crippen molar-refractivity contribution in [3.05, 3.63) is 35.9 Å². The summed E-state index contributed by atoms with van der Waals surface area (Å²) < 4.78 is 11.0. The average Bonchev–Trinajstić information content (AvgIpc) is 3.68. The Morgan fingerprint density at radius 3 is 1.86 bits per heavy atom. The SMILES string of the molecule is C.CC.CC.CC(C)(C)OC(=O)N(CC1CCN(C(=O)OCc2ccccc2)CC1)C1CC1.CC(C)C. The predicted octanol–water partition coefficient (Wildman–Crippen LogP) is 8.79. The fourth-order valence-corrected chi connectivity index (χ4v) is 3.47. The van der Waals surface area contributed by atoms with Crippen LogP contribution in [0.25, 0.3) is 0 Å². The van der Waals surface area contributed by atoms with Gasteiger partial charge in [-0.05, 0) is 63.9 Å². The Labute approximate surface area is 229 Å². The van der Waals surface area contributed by atoms with Crippen molar-refractivity contribution < 1.29 is 19.1 Å². The molecule has 1 heterocycles. The van der Waals surface area contributed by atoms with Crippen molar-refractivity contribution in [1.29, 1.82) is 0 Å². The minimum atomic E-state index is -0.476. The molecule has 6 nitrogen and oxygen atoms in total. The summed E-state index contributed by atoms with van der Waals surface area (Å²) in [5, 5.41) is 0. The van der Waals surface area contributed by atoms with Crippen LogP contribution < -0.4 is 0 Å². The van der Waals surface area contributed by atoms with Crippen molar-refractivity contribution in [3.8, 4) is 0 Å². The first-order valence-electron chi connectivity index (χ1n) is 14.0. The van der Waals surface area contributed by atoms with Crippen molar-refractivity contribution in [1.82, 2.24) is 9.80 Å². The Balaban J connectivity index is 0. The Bertz CT molecular complexity index is 701. The van der Waals surface area contributed by atoms with E-state index in [4.69, 9.17) is 9.47 Å². The lowest BCUT2D eigenvalue weighted by Gasteiger charge is -2.35. The number of ether oxygens (including phenoxy) is 2. The second-order valence-electron chi connectivity index (χ2n) is 10.6. The van der Waals surface area contributed by atoms with Gasteiger partial charge in [0.05, 0.1) is 0 Å². The van der Waals surface area contributed by atoms with E-state index in [2.05, 4.69) is 20.8 Å². The molecule has 2 aliphatic rings. The van der Waals surface area contributed by atoms with Crippen LogP contribution in [0, 0.1) is 11.8 Å². The van der Waals surface area contributed by atoms with Gasteiger partial charge < -0.3 is 19.3 Å². The van der Waals surface area contributed by atoms with Crippen LogP contribution in [0.15, 0.2) is 30.3 Å². The summed E-state index contributed by atoms with van der Waals surface area (Å²) in [5.74, 6) is 1.23. The summed E-state index contributed by atoms with van der Waals surface area (Å²) in [6, 6.07) is 10.0. The summed E-state index contributed by atoms with van der Waals surface area (Å²) in [6.45, 7) is 22.6. The fraction of sp³-hybridized carbons (Fsp3) is 0.742.